The maximum absolute atomic E-state index is 12.3. The van der Waals surface area contributed by atoms with E-state index in [1.165, 1.54) is 0 Å². The Labute approximate surface area is 111 Å². The van der Waals surface area contributed by atoms with Crippen molar-refractivity contribution in [2.24, 2.45) is 5.41 Å². The normalized spacial score (nSPS) is 31.6. The SMILES string of the molecule is CC1(C(=O)O)CCN(C(=O)N2CCOC(CO)C2)C1. The summed E-state index contributed by atoms with van der Waals surface area (Å²) in [6, 6.07) is -0.160. The average molecular weight is 272 g/mol. The molecule has 2 saturated heterocycles. The van der Waals surface area contributed by atoms with Crippen LogP contribution in [0.3, 0.4) is 0 Å². The van der Waals surface area contributed by atoms with Crippen LogP contribution in [0.15, 0.2) is 0 Å². The lowest BCUT2D eigenvalue weighted by Gasteiger charge is -2.35. The van der Waals surface area contributed by atoms with E-state index in [2.05, 4.69) is 0 Å². The zero-order chi connectivity index (χ0) is 14.0. The molecule has 0 aromatic rings. The van der Waals surface area contributed by atoms with Crippen molar-refractivity contribution in [3.63, 3.8) is 0 Å². The van der Waals surface area contributed by atoms with Crippen LogP contribution in [0.25, 0.3) is 0 Å². The van der Waals surface area contributed by atoms with Gasteiger partial charge in [-0.3, -0.25) is 4.79 Å². The number of carbonyl (C=O) groups is 2. The van der Waals surface area contributed by atoms with E-state index in [9.17, 15) is 9.59 Å². The fraction of sp³-hybridized carbons (Fsp3) is 0.833. The molecule has 2 aliphatic heterocycles. The molecule has 0 bridgehead atoms. The number of aliphatic carboxylic acids is 1. The van der Waals surface area contributed by atoms with Crippen molar-refractivity contribution < 1.29 is 24.5 Å². The van der Waals surface area contributed by atoms with E-state index in [0.29, 0.717) is 32.7 Å². The van der Waals surface area contributed by atoms with Crippen LogP contribution in [0.5, 0.6) is 0 Å². The number of aliphatic hydroxyl groups is 1. The van der Waals surface area contributed by atoms with Gasteiger partial charge in [-0.1, -0.05) is 0 Å². The van der Waals surface area contributed by atoms with Crippen LogP contribution in [-0.4, -0.2) is 77.5 Å². The number of amides is 2. The van der Waals surface area contributed by atoms with Gasteiger partial charge in [-0.25, -0.2) is 4.79 Å². The monoisotopic (exact) mass is 272 g/mol. The number of hydrogen-bond donors (Lipinski definition) is 2. The Hall–Kier alpha value is -1.34. The second kappa shape index (κ2) is 5.34. The van der Waals surface area contributed by atoms with Gasteiger partial charge in [-0.15, -0.1) is 0 Å². The van der Waals surface area contributed by atoms with E-state index in [1.807, 2.05) is 0 Å². The fourth-order valence-corrected chi connectivity index (χ4v) is 2.50. The highest BCUT2D eigenvalue weighted by Gasteiger charge is 2.43. The first-order chi connectivity index (χ1) is 8.96. The molecule has 2 N–H and O–H groups in total. The Morgan fingerprint density at radius 1 is 1.37 bits per heavy atom. The lowest BCUT2D eigenvalue weighted by atomic mass is 9.90. The Morgan fingerprint density at radius 2 is 2.11 bits per heavy atom. The van der Waals surface area contributed by atoms with Crippen LogP contribution < -0.4 is 0 Å². The van der Waals surface area contributed by atoms with Crippen LogP contribution in [-0.2, 0) is 9.53 Å². The van der Waals surface area contributed by atoms with E-state index in [4.69, 9.17) is 14.9 Å². The molecule has 0 saturated carbocycles. The number of carbonyl (C=O) groups excluding carboxylic acids is 1. The Bertz CT molecular complexity index is 375. The van der Waals surface area contributed by atoms with Crippen molar-refractivity contribution in [1.29, 1.82) is 0 Å². The molecule has 7 heteroatoms. The van der Waals surface area contributed by atoms with Gasteiger partial charge < -0.3 is 24.7 Å². The summed E-state index contributed by atoms with van der Waals surface area (Å²) in [6.07, 6.45) is 0.133. The molecule has 0 radical (unpaired) electrons. The van der Waals surface area contributed by atoms with Gasteiger partial charge in [0, 0.05) is 19.6 Å². The summed E-state index contributed by atoms with van der Waals surface area (Å²) in [5, 5.41) is 18.2. The van der Waals surface area contributed by atoms with E-state index in [1.54, 1.807) is 16.7 Å². The van der Waals surface area contributed by atoms with Crippen molar-refractivity contribution in [2.45, 2.75) is 19.4 Å². The zero-order valence-corrected chi connectivity index (χ0v) is 11.0. The van der Waals surface area contributed by atoms with Crippen molar-refractivity contribution in [3.8, 4) is 0 Å². The van der Waals surface area contributed by atoms with Crippen LogP contribution in [0.2, 0.25) is 0 Å². The number of urea groups is 1. The molecule has 0 aromatic heterocycles. The molecule has 7 nitrogen and oxygen atoms in total. The van der Waals surface area contributed by atoms with E-state index in [0.717, 1.165) is 0 Å². The van der Waals surface area contributed by atoms with E-state index < -0.39 is 11.4 Å². The van der Waals surface area contributed by atoms with Crippen LogP contribution in [0.1, 0.15) is 13.3 Å². The summed E-state index contributed by atoms with van der Waals surface area (Å²) in [4.78, 5) is 26.7. The smallest absolute Gasteiger partial charge is 0.320 e. The van der Waals surface area contributed by atoms with E-state index in [-0.39, 0.29) is 25.3 Å². The Kier molecular flexibility index (Phi) is 3.96. The molecular formula is C12H20N2O5. The van der Waals surface area contributed by atoms with Gasteiger partial charge in [0.05, 0.1) is 31.3 Å². The number of carboxylic acid groups (broad SMARTS) is 1. The number of morpholine rings is 1. The molecule has 0 aliphatic carbocycles. The molecular weight excluding hydrogens is 252 g/mol. The minimum absolute atomic E-state index is 0.114. The number of rotatable bonds is 2. The molecule has 0 spiro atoms. The minimum Gasteiger partial charge on any atom is -0.481 e. The summed E-state index contributed by atoms with van der Waals surface area (Å²) >= 11 is 0. The number of ether oxygens (including phenoxy) is 1. The predicted molar refractivity (Wildman–Crippen MR) is 65.7 cm³/mol. The molecule has 2 fully saturated rings. The molecule has 108 valence electrons. The molecule has 2 aliphatic rings. The molecule has 2 rings (SSSR count). The first-order valence-electron chi connectivity index (χ1n) is 6.46. The predicted octanol–water partition coefficient (Wildman–Crippen LogP) is -0.404. The number of hydrogen-bond acceptors (Lipinski definition) is 4. The van der Waals surface area contributed by atoms with Crippen LogP contribution in [0.4, 0.5) is 4.79 Å². The zero-order valence-electron chi connectivity index (χ0n) is 11.0. The lowest BCUT2D eigenvalue weighted by molar-refractivity contribution is -0.147. The van der Waals surface area contributed by atoms with Crippen molar-refractivity contribution in [1.82, 2.24) is 9.80 Å². The first-order valence-corrected chi connectivity index (χ1v) is 6.46. The second-order valence-corrected chi connectivity index (χ2v) is 5.44. The van der Waals surface area contributed by atoms with Crippen LogP contribution >= 0.6 is 0 Å². The molecule has 2 unspecified atom stereocenters. The van der Waals surface area contributed by atoms with Gasteiger partial charge in [0.25, 0.3) is 0 Å². The van der Waals surface area contributed by atoms with Crippen molar-refractivity contribution in [2.75, 3.05) is 39.4 Å². The molecule has 2 amide bonds. The largest absolute Gasteiger partial charge is 0.481 e. The number of nitrogens with zero attached hydrogens (tertiary/aromatic N) is 2. The first kappa shape index (κ1) is 14.1. The van der Waals surface area contributed by atoms with Gasteiger partial charge >= 0.3 is 12.0 Å². The highest BCUT2D eigenvalue weighted by Crippen LogP contribution is 2.30. The summed E-state index contributed by atoms with van der Waals surface area (Å²) in [5.74, 6) is -0.863. The third-order valence-corrected chi connectivity index (χ3v) is 3.87. The molecule has 2 atom stereocenters. The Balaban J connectivity index is 1.96. The fourth-order valence-electron chi connectivity index (χ4n) is 2.50. The average Bonchev–Trinajstić information content (AvgIpc) is 2.82. The number of carboxylic acids is 1. The van der Waals surface area contributed by atoms with Crippen molar-refractivity contribution in [3.05, 3.63) is 0 Å². The number of likely N-dealkylation sites (tertiary alicyclic amines) is 1. The van der Waals surface area contributed by atoms with Crippen LogP contribution in [0, 0.1) is 5.41 Å². The molecule has 0 aromatic carbocycles. The maximum Gasteiger partial charge on any atom is 0.320 e. The van der Waals surface area contributed by atoms with Crippen molar-refractivity contribution >= 4 is 12.0 Å². The maximum atomic E-state index is 12.3. The summed E-state index contributed by atoms with van der Waals surface area (Å²) in [7, 11) is 0. The second-order valence-electron chi connectivity index (χ2n) is 5.44. The number of aliphatic hydroxyl groups excluding tert-OH is 1. The molecule has 2 heterocycles. The van der Waals surface area contributed by atoms with E-state index >= 15 is 0 Å². The standard InChI is InChI=1S/C12H20N2O5/c1-12(10(16)17)2-3-14(8-12)11(18)13-4-5-19-9(6-13)7-15/h9,15H,2-8H2,1H3,(H,16,17). The van der Waals surface area contributed by atoms with Gasteiger partial charge in [0.15, 0.2) is 0 Å². The molecule has 19 heavy (non-hydrogen) atoms. The van der Waals surface area contributed by atoms with Gasteiger partial charge in [-0.05, 0) is 13.3 Å². The summed E-state index contributed by atoms with van der Waals surface area (Å²) < 4.78 is 5.29. The third-order valence-electron chi connectivity index (χ3n) is 3.87. The van der Waals surface area contributed by atoms with Gasteiger partial charge in [-0.2, -0.15) is 0 Å². The minimum atomic E-state index is -0.863. The quantitative estimate of drug-likeness (QED) is 0.713. The topological polar surface area (TPSA) is 90.3 Å². The summed E-state index contributed by atoms with van der Waals surface area (Å²) in [5.41, 5.74) is -0.849. The highest BCUT2D eigenvalue weighted by atomic mass is 16.5. The highest BCUT2D eigenvalue weighted by molar-refractivity contribution is 5.79. The summed E-state index contributed by atoms with van der Waals surface area (Å²) in [6.45, 7) is 3.49. The Morgan fingerprint density at radius 3 is 2.68 bits per heavy atom. The third kappa shape index (κ3) is 2.82. The van der Waals surface area contributed by atoms with Gasteiger partial charge in [0.2, 0.25) is 0 Å². The van der Waals surface area contributed by atoms with Gasteiger partial charge in [0.1, 0.15) is 0 Å². The lowest BCUT2D eigenvalue weighted by Crippen LogP contribution is -2.51.